The molecule has 0 saturated heterocycles. The first kappa shape index (κ1) is 107. The molecule has 0 bridgehead atoms. The number of primary amides is 2. The summed E-state index contributed by atoms with van der Waals surface area (Å²) in [6, 6.07) is 13.2. The van der Waals surface area contributed by atoms with Gasteiger partial charge in [0.15, 0.2) is 0 Å². The second-order valence-electron chi connectivity index (χ2n) is 32.3. The molecule has 1 heterocycles. The quantitative estimate of drug-likeness (QED) is 0.0361. The number of ketones is 1. The van der Waals surface area contributed by atoms with Crippen LogP contribution in [-0.4, -0.2) is 251 Å². The van der Waals surface area contributed by atoms with Gasteiger partial charge in [-0.25, -0.2) is 14.4 Å². The topological polar surface area (TPSA) is 596 Å². The number of alkyl carbamates (subject to hydrolysis) is 1. The fraction of sp³-hybridized carbons (Fsp3) is 0.591. The minimum Gasteiger partial charge on any atom is -0.481 e. The van der Waals surface area contributed by atoms with Crippen LogP contribution in [0.5, 0.6) is 0 Å². The Morgan fingerprint density at radius 2 is 1.07 bits per heavy atom. The molecule has 0 aromatic heterocycles. The van der Waals surface area contributed by atoms with E-state index in [1.54, 1.807) is 64.1 Å². The van der Waals surface area contributed by atoms with Gasteiger partial charge in [-0.1, -0.05) is 68.4 Å². The molecule has 5 rings (SSSR count). The van der Waals surface area contributed by atoms with E-state index in [1.165, 1.54) is 5.57 Å². The summed E-state index contributed by atoms with van der Waals surface area (Å²) in [6.07, 6.45) is 4.43. The van der Waals surface area contributed by atoms with E-state index in [0.717, 1.165) is 40.9 Å². The van der Waals surface area contributed by atoms with E-state index in [4.69, 9.17) is 35.2 Å². The van der Waals surface area contributed by atoms with E-state index in [2.05, 4.69) is 79.6 Å². The average Bonchev–Trinajstić information content (AvgIpc) is 0.792. The summed E-state index contributed by atoms with van der Waals surface area (Å²) in [6.45, 7) is 12.1. The molecule has 128 heavy (non-hydrogen) atoms. The van der Waals surface area contributed by atoms with Gasteiger partial charge in [0.05, 0.1) is 77.0 Å². The number of nitrogens with one attached hydrogen (secondary N) is 14. The van der Waals surface area contributed by atoms with Crippen LogP contribution in [-0.2, 0) is 94.1 Å². The Balaban J connectivity index is 0.850. The van der Waals surface area contributed by atoms with Crippen molar-refractivity contribution in [3.8, 4) is 0 Å². The molecule has 15 amide bonds. The Kier molecular flexibility index (Phi) is 49.5. The Morgan fingerprint density at radius 3 is 1.69 bits per heavy atom. The maximum atomic E-state index is 13.9. The summed E-state index contributed by atoms with van der Waals surface area (Å²) in [4.78, 5) is 191. The zero-order valence-electron chi connectivity index (χ0n) is 74.3. The highest BCUT2D eigenvalue weighted by atomic mass is 16.6. The molecule has 0 radical (unpaired) electrons. The van der Waals surface area contributed by atoms with Crippen LogP contribution < -0.4 is 86.0 Å². The van der Waals surface area contributed by atoms with Crippen LogP contribution in [0.1, 0.15) is 185 Å². The first-order valence-electron chi connectivity index (χ1n) is 43.7. The smallest absolute Gasteiger partial charge is 0.407 e. The molecule has 40 nitrogen and oxygen atoms in total. The third kappa shape index (κ3) is 44.6. The molecule has 3 aromatic rings. The van der Waals surface area contributed by atoms with Crippen molar-refractivity contribution in [1.29, 1.82) is 0 Å². The molecule has 2 unspecified atom stereocenters. The number of nitrogens with zero attached hydrogens (tertiary/aromatic N) is 1. The number of amides is 15. The Morgan fingerprint density at radius 1 is 0.516 bits per heavy atom. The van der Waals surface area contributed by atoms with Gasteiger partial charge in [-0.3, -0.25) is 63.0 Å². The number of aliphatic hydroxyl groups excluding tert-OH is 1. The van der Waals surface area contributed by atoms with Crippen LogP contribution in [0.3, 0.4) is 0 Å². The van der Waals surface area contributed by atoms with Gasteiger partial charge in [0, 0.05) is 107 Å². The van der Waals surface area contributed by atoms with Crippen LogP contribution >= 0.6 is 0 Å². The van der Waals surface area contributed by atoms with Crippen molar-refractivity contribution in [3.63, 3.8) is 0 Å². The molecule has 3 aromatic carbocycles. The molecule has 708 valence electrons. The lowest BCUT2D eigenvalue weighted by molar-refractivity contribution is -0.139. The number of rotatable bonds is 61. The zero-order chi connectivity index (χ0) is 93.8. The molecule has 2 aliphatic rings. The summed E-state index contributed by atoms with van der Waals surface area (Å²) < 4.78 is 28.0. The number of hydrogen-bond acceptors (Lipinski definition) is 24. The lowest BCUT2D eigenvalue weighted by atomic mass is 9.80. The van der Waals surface area contributed by atoms with Crippen LogP contribution in [0, 0.1) is 18.8 Å². The summed E-state index contributed by atoms with van der Waals surface area (Å²) in [5, 5.41) is 68.4. The number of carbonyl (C=O) groups is 15. The van der Waals surface area contributed by atoms with Crippen LogP contribution in [0.25, 0.3) is 5.70 Å². The van der Waals surface area contributed by atoms with E-state index in [0.29, 0.717) is 74.8 Å². The summed E-state index contributed by atoms with van der Waals surface area (Å²) in [5.41, 5.74) is 20.6. The largest absolute Gasteiger partial charge is 0.481 e. The summed E-state index contributed by atoms with van der Waals surface area (Å²) in [5.74, 6) is -8.15. The van der Waals surface area contributed by atoms with Gasteiger partial charge in [-0.15, -0.1) is 0 Å². The summed E-state index contributed by atoms with van der Waals surface area (Å²) >= 11 is 0. The lowest BCUT2D eigenvalue weighted by Gasteiger charge is -2.32. The number of unbranched alkanes of at least 4 members (excludes halogenated alkanes) is 1. The summed E-state index contributed by atoms with van der Waals surface area (Å²) in [7, 11) is 0. The third-order valence-corrected chi connectivity index (χ3v) is 20.7. The highest BCUT2D eigenvalue weighted by molar-refractivity contribution is 6.01. The molecule has 7 atom stereocenters. The maximum absolute atomic E-state index is 13.9. The van der Waals surface area contributed by atoms with Crippen LogP contribution in [0.15, 0.2) is 83.5 Å². The van der Waals surface area contributed by atoms with Crippen molar-refractivity contribution in [3.05, 3.63) is 101 Å². The van der Waals surface area contributed by atoms with E-state index < -0.39 is 133 Å². The lowest BCUT2D eigenvalue weighted by Crippen LogP contribution is -2.60. The Hall–Kier alpha value is -11.7. The van der Waals surface area contributed by atoms with Gasteiger partial charge in [-0.05, 0) is 170 Å². The molecule has 0 spiro atoms. The number of allylic oxidation sites excluding steroid dienone is 1. The highest BCUT2D eigenvalue weighted by Gasteiger charge is 2.34. The number of hydrazone groups is 1. The molecule has 1 aliphatic heterocycles. The number of aryl methyl sites for hydroxylation is 1. The maximum Gasteiger partial charge on any atom is 0.407 e. The molecular weight excluding hydrogens is 1660 g/mol. The minimum atomic E-state index is -1.69. The number of urea groups is 2. The van der Waals surface area contributed by atoms with Crippen molar-refractivity contribution >= 4 is 112 Å². The predicted molar refractivity (Wildman–Crippen MR) is 474 cm³/mol. The molecule has 40 heteroatoms. The Labute approximate surface area is 746 Å². The number of carboxylic acids is 1. The van der Waals surface area contributed by atoms with Crippen molar-refractivity contribution in [1.82, 2.24) is 63.9 Å². The number of ether oxygens (including phenoxy) is 5. The van der Waals surface area contributed by atoms with E-state index in [-0.39, 0.29) is 179 Å². The van der Waals surface area contributed by atoms with E-state index >= 15 is 0 Å². The zero-order valence-corrected chi connectivity index (χ0v) is 74.3. The number of para-hydroxylation sites is 1. The fourth-order valence-electron chi connectivity index (χ4n) is 13.6. The van der Waals surface area contributed by atoms with Crippen LogP contribution in [0.2, 0.25) is 0 Å². The first-order valence-corrected chi connectivity index (χ1v) is 43.7. The van der Waals surface area contributed by atoms with E-state index in [9.17, 15) is 87.2 Å². The van der Waals surface area contributed by atoms with Crippen molar-refractivity contribution in [2.45, 2.75) is 225 Å². The third-order valence-electron chi connectivity index (χ3n) is 20.7. The first-order chi connectivity index (χ1) is 61.2. The van der Waals surface area contributed by atoms with Gasteiger partial charge in [0.1, 0.15) is 42.1 Å². The fourth-order valence-corrected chi connectivity index (χ4v) is 13.6. The highest BCUT2D eigenvalue weighted by Crippen LogP contribution is 2.37. The van der Waals surface area contributed by atoms with Crippen molar-refractivity contribution in [2.75, 3.05) is 109 Å². The number of aliphatic hydroxyl groups is 2. The number of anilines is 2. The van der Waals surface area contributed by atoms with Gasteiger partial charge >= 0.3 is 24.1 Å². The van der Waals surface area contributed by atoms with Gasteiger partial charge < -0.3 is 120 Å². The number of carbonyl (C=O) groups excluding carboxylic acids is 14. The van der Waals surface area contributed by atoms with Gasteiger partial charge in [0.2, 0.25) is 59.1 Å². The minimum absolute atomic E-state index is 0.00253. The van der Waals surface area contributed by atoms with Gasteiger partial charge in [0.25, 0.3) is 0 Å². The number of aliphatic carboxylic acids is 1. The number of nitrogens with two attached hydrogens (primary N) is 2. The number of fused-ring (bicyclic) bond motifs is 1. The Bertz CT molecular complexity index is 4160. The second kappa shape index (κ2) is 59.3. The molecular formula is C88H133N17O23. The number of carboxylic acid groups (broad SMARTS) is 1. The number of benzene rings is 3. The standard InChI is InChI=1S/C88H133N17O23/c1-56(2)78(103-83(118)71(55-106)101-82(117)70(33-37-77(113)114)100-81(116)69(21-12-40-95-85(90)120)99-76(112)54-60-24-28-62(29-25-60)97-86(121)102-67-19-8-7-15-57(67)3)84(119)94-44-48-127-52-51-126-46-42-92-72(108)34-30-63(107)16-13-45-124-49-50-125-47-43-93-73(109)35-36-74(110)98-68(80(89)115)20-9-10-39-96-87(122)128-64-17-11-18-65-58(4)104-105-79(66(65)32-31-64)61-26-22-59(23-27-61)53-75(111)91-41-14-38-88(5,6)123/h7-8,15,19,22-29,56,64-65,68-71,78,105-106,123H,9-14,16-18,20-21,30-55H2,1-6H3,(H2,89,115)(H,91,111)(H,92,108)(H,93,109)(H,94,119)(H,96,122)(H,98,110)(H,99,112)(H,100,116)(H,101,117)(H,103,118)(H,113,114)(H3,90,95,120)(H2,97,102,121)/t64?,65?,68-,69-,70-,71-,78-/m0/s1. The van der Waals surface area contributed by atoms with E-state index in [1.807, 2.05) is 50.2 Å². The molecule has 1 aliphatic carbocycles. The SMILES string of the molecule is CC1=NNC(c2ccc(CC(=O)NCCCC(C)(C)O)cc2)=C2CCC(OC(=O)NCCCC[C@H](NC(=O)CCC(=O)NCCOCCOCCCC(=O)CCC(=O)NCCOCCOCCNC(=O)[C@@H](NC(=O)[C@H](CO)NC(=O)[C@H](CCC(=O)O)NC(=O)[C@H](CCCNC(N)=O)NC(=O)Cc3ccc(NC(=O)Nc4ccccc4C)cc3)C(C)C)C(N)=O)CCCC12. The number of Topliss-reactive ketones (excluding diaryl/α,β-unsaturated/α-hetero) is 1. The number of hydrogen-bond donors (Lipinski definition) is 19. The van der Waals surface area contributed by atoms with Gasteiger partial charge in [-0.2, -0.15) is 5.10 Å². The molecule has 1 fully saturated rings. The van der Waals surface area contributed by atoms with Crippen molar-refractivity contribution < 1.29 is 111 Å². The molecule has 21 N–H and O–H groups in total. The van der Waals surface area contributed by atoms with Crippen LogP contribution in [0.4, 0.5) is 25.8 Å². The monoisotopic (exact) mass is 1800 g/mol. The normalized spacial score (nSPS) is 14.8. The average molecular weight is 1800 g/mol. The van der Waals surface area contributed by atoms with Crippen molar-refractivity contribution in [2.24, 2.45) is 28.4 Å². The molecule has 1 saturated carbocycles. The second-order valence-corrected chi connectivity index (χ2v) is 32.3. The predicted octanol–water partition coefficient (Wildman–Crippen LogP) is 2.82.